The molecule has 0 aliphatic carbocycles. The molecule has 2 rings (SSSR count). The summed E-state index contributed by atoms with van der Waals surface area (Å²) in [6, 6.07) is 13.2. The molecule has 0 saturated carbocycles. The molecule has 0 atom stereocenters. The molecule has 5 nitrogen and oxygen atoms in total. The van der Waals surface area contributed by atoms with Gasteiger partial charge in [0.15, 0.2) is 0 Å². The fourth-order valence-electron chi connectivity index (χ4n) is 2.16. The van der Waals surface area contributed by atoms with Gasteiger partial charge in [-0.25, -0.2) is 4.39 Å². The predicted octanol–water partition coefficient (Wildman–Crippen LogP) is 2.77. The highest BCUT2D eigenvalue weighted by molar-refractivity contribution is 9.10. The molecule has 0 aromatic heterocycles. The number of halogens is 2. The maximum atomic E-state index is 12.8. The first-order valence-electron chi connectivity index (χ1n) is 7.68. The maximum Gasteiger partial charge on any atom is 0.238 e. The molecule has 0 radical (unpaired) electrons. The van der Waals surface area contributed by atoms with Crippen LogP contribution < -0.4 is 10.6 Å². The molecular formula is C18H19BrFN3O2. The number of hydrogen-bond donors (Lipinski definition) is 2. The van der Waals surface area contributed by atoms with Crippen LogP contribution >= 0.6 is 15.9 Å². The number of nitrogens with one attached hydrogen (secondary N) is 2. The summed E-state index contributed by atoms with van der Waals surface area (Å²) in [5.41, 5.74) is 1.49. The van der Waals surface area contributed by atoms with Crippen LogP contribution in [0.15, 0.2) is 53.0 Å². The smallest absolute Gasteiger partial charge is 0.238 e. The fourth-order valence-corrected chi connectivity index (χ4v) is 2.54. The van der Waals surface area contributed by atoms with Crippen LogP contribution in [0, 0.1) is 5.82 Å². The lowest BCUT2D eigenvalue weighted by atomic mass is 10.2. The highest BCUT2D eigenvalue weighted by atomic mass is 79.9. The van der Waals surface area contributed by atoms with Crippen molar-refractivity contribution in [1.29, 1.82) is 0 Å². The monoisotopic (exact) mass is 407 g/mol. The van der Waals surface area contributed by atoms with E-state index in [9.17, 15) is 14.0 Å². The number of anilines is 1. The van der Waals surface area contributed by atoms with E-state index in [0.29, 0.717) is 12.2 Å². The molecule has 25 heavy (non-hydrogen) atoms. The summed E-state index contributed by atoms with van der Waals surface area (Å²) in [6.07, 6.45) is 0. The van der Waals surface area contributed by atoms with E-state index in [2.05, 4.69) is 26.6 Å². The van der Waals surface area contributed by atoms with Crippen molar-refractivity contribution in [1.82, 2.24) is 10.2 Å². The predicted molar refractivity (Wildman–Crippen MR) is 98.5 cm³/mol. The van der Waals surface area contributed by atoms with Crippen LogP contribution in [0.25, 0.3) is 0 Å². The van der Waals surface area contributed by atoms with Crippen LogP contribution in [0.3, 0.4) is 0 Å². The van der Waals surface area contributed by atoms with E-state index in [1.165, 1.54) is 12.1 Å². The van der Waals surface area contributed by atoms with Crippen LogP contribution in [0.4, 0.5) is 10.1 Å². The molecule has 2 aromatic rings. The van der Waals surface area contributed by atoms with E-state index in [4.69, 9.17) is 0 Å². The fraction of sp³-hybridized carbons (Fsp3) is 0.222. The topological polar surface area (TPSA) is 61.4 Å². The van der Waals surface area contributed by atoms with Gasteiger partial charge in [0.25, 0.3) is 0 Å². The largest absolute Gasteiger partial charge is 0.351 e. The first-order chi connectivity index (χ1) is 11.9. The number of amides is 2. The van der Waals surface area contributed by atoms with E-state index >= 15 is 0 Å². The summed E-state index contributed by atoms with van der Waals surface area (Å²) < 4.78 is 13.6. The Bertz CT molecular complexity index is 737. The first kappa shape index (κ1) is 19.1. The Balaban J connectivity index is 1.74. The van der Waals surface area contributed by atoms with Gasteiger partial charge in [-0.05, 0) is 52.8 Å². The van der Waals surface area contributed by atoms with E-state index in [1.54, 1.807) is 30.1 Å². The summed E-state index contributed by atoms with van der Waals surface area (Å²) in [6.45, 7) is 0.492. The van der Waals surface area contributed by atoms with Gasteiger partial charge in [-0.1, -0.05) is 24.3 Å². The number of rotatable bonds is 7. The Morgan fingerprint density at radius 1 is 1.04 bits per heavy atom. The molecule has 0 aliphatic rings. The highest BCUT2D eigenvalue weighted by Gasteiger charge is 2.11. The number of likely N-dealkylation sites (N-methyl/N-ethyl adjacent to an activating group) is 1. The molecule has 0 aliphatic heterocycles. The lowest BCUT2D eigenvalue weighted by Crippen LogP contribution is -2.38. The molecule has 0 heterocycles. The third kappa shape index (κ3) is 6.64. The minimum atomic E-state index is -0.314. The number of nitrogens with zero attached hydrogens (tertiary/aromatic N) is 1. The van der Waals surface area contributed by atoms with Gasteiger partial charge < -0.3 is 10.6 Å². The van der Waals surface area contributed by atoms with Crippen molar-refractivity contribution in [3.63, 3.8) is 0 Å². The number of benzene rings is 2. The second kappa shape index (κ2) is 9.29. The van der Waals surface area contributed by atoms with Gasteiger partial charge in [0.1, 0.15) is 5.82 Å². The quantitative estimate of drug-likeness (QED) is 0.741. The molecule has 2 aromatic carbocycles. The normalized spacial score (nSPS) is 10.6. The van der Waals surface area contributed by atoms with E-state index in [-0.39, 0.29) is 30.7 Å². The lowest BCUT2D eigenvalue weighted by Gasteiger charge is -2.16. The Hall–Kier alpha value is -2.25. The van der Waals surface area contributed by atoms with Crippen molar-refractivity contribution in [2.45, 2.75) is 6.54 Å². The third-order valence-corrected chi connectivity index (χ3v) is 4.07. The number of hydrogen-bond acceptors (Lipinski definition) is 3. The average Bonchev–Trinajstić information content (AvgIpc) is 2.56. The molecule has 0 saturated heterocycles. The first-order valence-corrected chi connectivity index (χ1v) is 8.47. The van der Waals surface area contributed by atoms with E-state index in [0.717, 1.165) is 10.0 Å². The van der Waals surface area contributed by atoms with Crippen LogP contribution in [0.2, 0.25) is 0 Å². The van der Waals surface area contributed by atoms with Gasteiger partial charge in [-0.3, -0.25) is 14.5 Å². The summed E-state index contributed by atoms with van der Waals surface area (Å²) in [5.74, 6) is -0.730. The molecule has 2 N–H and O–H groups in total. The number of carbonyl (C=O) groups excluding carboxylic acids is 2. The molecule has 2 amide bonds. The molecule has 0 bridgehead atoms. The van der Waals surface area contributed by atoms with Crippen LogP contribution in [-0.4, -0.2) is 36.9 Å². The third-order valence-electron chi connectivity index (χ3n) is 3.38. The lowest BCUT2D eigenvalue weighted by molar-refractivity contribution is -0.123. The van der Waals surface area contributed by atoms with Gasteiger partial charge >= 0.3 is 0 Å². The minimum Gasteiger partial charge on any atom is -0.351 e. The Kier molecular flexibility index (Phi) is 7.09. The molecular weight excluding hydrogens is 389 g/mol. The van der Waals surface area contributed by atoms with Crippen molar-refractivity contribution in [2.24, 2.45) is 0 Å². The molecule has 0 unspecified atom stereocenters. The van der Waals surface area contributed by atoms with Gasteiger partial charge in [-0.15, -0.1) is 0 Å². The summed E-state index contributed by atoms with van der Waals surface area (Å²) in [7, 11) is 1.69. The zero-order valence-electron chi connectivity index (χ0n) is 13.8. The molecule has 132 valence electrons. The second-order valence-electron chi connectivity index (χ2n) is 5.60. The standard InChI is InChI=1S/C18H19BrFN3O2/c1-23(12-18(25)22-16-5-3-2-4-15(16)19)11-17(24)21-10-13-6-8-14(20)9-7-13/h2-9H,10-12H2,1H3,(H,21,24)(H,22,25). The van der Waals surface area contributed by atoms with Gasteiger partial charge in [0.05, 0.1) is 18.8 Å². The zero-order valence-corrected chi connectivity index (χ0v) is 15.3. The van der Waals surface area contributed by atoms with E-state index < -0.39 is 0 Å². The van der Waals surface area contributed by atoms with Gasteiger partial charge in [0, 0.05) is 11.0 Å². The minimum absolute atomic E-state index is 0.0879. The van der Waals surface area contributed by atoms with Gasteiger partial charge in [0.2, 0.25) is 11.8 Å². The van der Waals surface area contributed by atoms with Crippen LogP contribution in [0.5, 0.6) is 0 Å². The van der Waals surface area contributed by atoms with Gasteiger partial charge in [-0.2, -0.15) is 0 Å². The van der Waals surface area contributed by atoms with Crippen molar-refractivity contribution in [2.75, 3.05) is 25.5 Å². The van der Waals surface area contributed by atoms with Crippen molar-refractivity contribution < 1.29 is 14.0 Å². The second-order valence-corrected chi connectivity index (χ2v) is 6.46. The summed E-state index contributed by atoms with van der Waals surface area (Å²) >= 11 is 3.36. The van der Waals surface area contributed by atoms with E-state index in [1.807, 2.05) is 18.2 Å². The summed E-state index contributed by atoms with van der Waals surface area (Å²) in [4.78, 5) is 25.6. The molecule has 7 heteroatoms. The number of carbonyl (C=O) groups is 2. The number of para-hydroxylation sites is 1. The van der Waals surface area contributed by atoms with Crippen molar-refractivity contribution >= 4 is 33.4 Å². The molecule has 0 fully saturated rings. The average molecular weight is 408 g/mol. The SMILES string of the molecule is CN(CC(=O)NCc1ccc(F)cc1)CC(=O)Nc1ccccc1Br. The maximum absolute atomic E-state index is 12.8. The van der Waals surface area contributed by atoms with Crippen molar-refractivity contribution in [3.05, 3.63) is 64.4 Å². The van der Waals surface area contributed by atoms with Crippen LogP contribution in [-0.2, 0) is 16.1 Å². The zero-order chi connectivity index (χ0) is 18.2. The molecule has 0 spiro atoms. The van der Waals surface area contributed by atoms with Crippen molar-refractivity contribution in [3.8, 4) is 0 Å². The van der Waals surface area contributed by atoms with Crippen LogP contribution in [0.1, 0.15) is 5.56 Å². The Morgan fingerprint density at radius 3 is 2.36 bits per heavy atom. The summed E-state index contributed by atoms with van der Waals surface area (Å²) in [5, 5.41) is 5.52. The Morgan fingerprint density at radius 2 is 1.68 bits per heavy atom. The highest BCUT2D eigenvalue weighted by Crippen LogP contribution is 2.20. The Labute approximate surface area is 154 Å².